The van der Waals surface area contributed by atoms with Crippen molar-refractivity contribution in [1.29, 1.82) is 0 Å². The molecule has 1 amide bonds. The summed E-state index contributed by atoms with van der Waals surface area (Å²) in [7, 11) is 2.01. The maximum absolute atomic E-state index is 13.2. The molecule has 3 aliphatic rings. The van der Waals surface area contributed by atoms with Gasteiger partial charge in [-0.15, -0.1) is 0 Å². The Hall–Kier alpha value is -3.16. The molecule has 0 aromatic carbocycles. The lowest BCUT2D eigenvalue weighted by Gasteiger charge is -2.20. The van der Waals surface area contributed by atoms with Gasteiger partial charge in [0.15, 0.2) is 0 Å². The van der Waals surface area contributed by atoms with Crippen LogP contribution >= 0.6 is 0 Å². The second-order valence-corrected chi connectivity index (χ2v) is 10.1. The number of carbonyl (C=O) groups excluding carboxylic acids is 1. The minimum absolute atomic E-state index is 0.0348. The number of nitrogens with one attached hydrogen (secondary N) is 1. The molecule has 0 spiro atoms. The average molecular weight is 460 g/mol. The SMILES string of the molecule is CCc1nc(N2CC3CC3C2)ccc1Cc1cc(C(=O)N[C@@H]2CCc3c2ncn3C)n(CC)n1. The van der Waals surface area contributed by atoms with Crippen molar-refractivity contribution in [2.45, 2.75) is 58.5 Å². The van der Waals surface area contributed by atoms with Gasteiger partial charge < -0.3 is 14.8 Å². The molecule has 2 aliphatic carbocycles. The first-order valence-corrected chi connectivity index (χ1v) is 12.7. The summed E-state index contributed by atoms with van der Waals surface area (Å²) in [5.74, 6) is 2.81. The summed E-state index contributed by atoms with van der Waals surface area (Å²) in [6.45, 7) is 7.14. The third-order valence-electron chi connectivity index (χ3n) is 7.82. The lowest BCUT2D eigenvalue weighted by Crippen LogP contribution is -2.29. The smallest absolute Gasteiger partial charge is 0.270 e. The summed E-state index contributed by atoms with van der Waals surface area (Å²) in [4.78, 5) is 25.1. The first-order valence-electron chi connectivity index (χ1n) is 12.7. The predicted octanol–water partition coefficient (Wildman–Crippen LogP) is 3.06. The molecular weight excluding hydrogens is 426 g/mol. The zero-order chi connectivity index (χ0) is 23.4. The summed E-state index contributed by atoms with van der Waals surface area (Å²) < 4.78 is 3.86. The van der Waals surface area contributed by atoms with Crippen LogP contribution in [0.4, 0.5) is 5.82 Å². The van der Waals surface area contributed by atoms with Gasteiger partial charge in [-0.25, -0.2) is 9.97 Å². The summed E-state index contributed by atoms with van der Waals surface area (Å²) in [5.41, 5.74) is 6.04. The van der Waals surface area contributed by atoms with Crippen LogP contribution in [0.3, 0.4) is 0 Å². The number of rotatable bonds is 7. The fraction of sp³-hybridized carbons (Fsp3) is 0.538. The second kappa shape index (κ2) is 8.25. The topological polar surface area (TPSA) is 80.9 Å². The number of amides is 1. The van der Waals surface area contributed by atoms with Crippen molar-refractivity contribution in [1.82, 2.24) is 29.6 Å². The number of piperidine rings is 1. The van der Waals surface area contributed by atoms with Gasteiger partial charge in [0.1, 0.15) is 11.5 Å². The number of fused-ring (bicyclic) bond motifs is 2. The van der Waals surface area contributed by atoms with Gasteiger partial charge in [0.25, 0.3) is 5.91 Å². The van der Waals surface area contributed by atoms with E-state index >= 15 is 0 Å². The normalized spacial score (nSPS) is 22.7. The number of anilines is 1. The molecule has 3 aromatic heterocycles. The van der Waals surface area contributed by atoms with Crippen LogP contribution in [0, 0.1) is 11.8 Å². The van der Waals surface area contributed by atoms with Crippen molar-refractivity contribution >= 4 is 11.7 Å². The molecular formula is C26H33N7O. The number of imidazole rings is 1. The van der Waals surface area contributed by atoms with Crippen molar-refractivity contribution in [3.63, 3.8) is 0 Å². The second-order valence-electron chi connectivity index (χ2n) is 10.1. The number of hydrogen-bond acceptors (Lipinski definition) is 5. The van der Waals surface area contributed by atoms with Gasteiger partial charge >= 0.3 is 0 Å². The Labute approximate surface area is 200 Å². The minimum atomic E-state index is -0.0825. The third-order valence-corrected chi connectivity index (χ3v) is 7.82. The van der Waals surface area contributed by atoms with Crippen LogP contribution in [-0.2, 0) is 32.9 Å². The van der Waals surface area contributed by atoms with Gasteiger partial charge in [-0.1, -0.05) is 13.0 Å². The van der Waals surface area contributed by atoms with Gasteiger partial charge in [-0.2, -0.15) is 5.10 Å². The third kappa shape index (κ3) is 3.69. The summed E-state index contributed by atoms with van der Waals surface area (Å²) in [6.07, 6.45) is 6.63. The van der Waals surface area contributed by atoms with Gasteiger partial charge in [0.05, 0.1) is 23.8 Å². The van der Waals surface area contributed by atoms with Gasteiger partial charge in [-0.05, 0) is 62.1 Å². The Morgan fingerprint density at radius 2 is 2.03 bits per heavy atom. The fourth-order valence-corrected chi connectivity index (χ4v) is 5.78. The Morgan fingerprint density at radius 1 is 1.21 bits per heavy atom. The lowest BCUT2D eigenvalue weighted by molar-refractivity contribution is 0.0925. The number of pyridine rings is 1. The highest BCUT2D eigenvalue weighted by atomic mass is 16.2. The van der Waals surface area contributed by atoms with E-state index in [1.165, 1.54) is 17.7 Å². The van der Waals surface area contributed by atoms with Crippen LogP contribution in [0.15, 0.2) is 24.5 Å². The number of aromatic nitrogens is 5. The van der Waals surface area contributed by atoms with Crippen LogP contribution in [0.5, 0.6) is 0 Å². The van der Waals surface area contributed by atoms with E-state index in [0.29, 0.717) is 18.7 Å². The largest absolute Gasteiger partial charge is 0.356 e. The molecule has 1 N–H and O–H groups in total. The molecule has 8 nitrogen and oxygen atoms in total. The molecule has 2 fully saturated rings. The lowest BCUT2D eigenvalue weighted by atomic mass is 10.1. The van der Waals surface area contributed by atoms with Crippen LogP contribution in [0.1, 0.15) is 71.6 Å². The molecule has 2 unspecified atom stereocenters. The van der Waals surface area contributed by atoms with E-state index in [1.54, 1.807) is 0 Å². The van der Waals surface area contributed by atoms with E-state index < -0.39 is 0 Å². The Bertz CT molecular complexity index is 1230. The number of aryl methyl sites for hydroxylation is 3. The molecule has 6 rings (SSSR count). The van der Waals surface area contributed by atoms with E-state index in [9.17, 15) is 4.79 Å². The number of hydrogen-bond donors (Lipinski definition) is 1. The molecule has 1 saturated heterocycles. The number of nitrogens with zero attached hydrogens (tertiary/aromatic N) is 6. The molecule has 0 radical (unpaired) electrons. The standard InChI is InChI=1S/C26H33N7O/c1-4-20-16(6-9-24(28-20)32-13-17-10-18(17)14-32)11-19-12-23(33(5-2)30-19)26(34)29-21-7-8-22-25(21)27-15-31(22)3/h6,9,12,15,17-18,21H,4-5,7-8,10-11,13-14H2,1-3H3,(H,29,34)/t17?,18?,21-/m1/s1. The zero-order valence-corrected chi connectivity index (χ0v) is 20.3. The van der Waals surface area contributed by atoms with E-state index in [0.717, 1.165) is 67.1 Å². The molecule has 3 aromatic rings. The van der Waals surface area contributed by atoms with Crippen LogP contribution < -0.4 is 10.2 Å². The van der Waals surface area contributed by atoms with Crippen LogP contribution in [-0.4, -0.2) is 43.3 Å². The molecule has 34 heavy (non-hydrogen) atoms. The first-order chi connectivity index (χ1) is 16.5. The van der Waals surface area contributed by atoms with Crippen molar-refractivity contribution < 1.29 is 4.79 Å². The average Bonchev–Trinajstić information content (AvgIpc) is 3.26. The minimum Gasteiger partial charge on any atom is -0.356 e. The molecule has 0 bridgehead atoms. The molecule has 178 valence electrons. The zero-order valence-electron chi connectivity index (χ0n) is 20.3. The summed E-state index contributed by atoms with van der Waals surface area (Å²) in [6, 6.07) is 6.27. The van der Waals surface area contributed by atoms with Crippen LogP contribution in [0.25, 0.3) is 0 Å². The summed E-state index contributed by atoms with van der Waals surface area (Å²) >= 11 is 0. The quantitative estimate of drug-likeness (QED) is 0.587. The maximum atomic E-state index is 13.2. The van der Waals surface area contributed by atoms with Gasteiger partial charge in [0.2, 0.25) is 0 Å². The van der Waals surface area contributed by atoms with Crippen molar-refractivity contribution in [2.24, 2.45) is 18.9 Å². The monoisotopic (exact) mass is 459 g/mol. The van der Waals surface area contributed by atoms with Crippen LogP contribution in [0.2, 0.25) is 0 Å². The van der Waals surface area contributed by atoms with E-state index in [2.05, 4.69) is 34.3 Å². The Kier molecular flexibility index (Phi) is 5.19. The van der Waals surface area contributed by atoms with Crippen molar-refractivity contribution in [2.75, 3.05) is 18.0 Å². The van der Waals surface area contributed by atoms with E-state index in [-0.39, 0.29) is 11.9 Å². The van der Waals surface area contributed by atoms with Crippen molar-refractivity contribution in [3.05, 3.63) is 58.6 Å². The van der Waals surface area contributed by atoms with Gasteiger partial charge in [-0.3, -0.25) is 9.48 Å². The molecule has 1 saturated carbocycles. The van der Waals surface area contributed by atoms with E-state index in [4.69, 9.17) is 10.1 Å². The maximum Gasteiger partial charge on any atom is 0.270 e. The highest BCUT2D eigenvalue weighted by molar-refractivity contribution is 5.93. The fourth-order valence-electron chi connectivity index (χ4n) is 5.78. The highest BCUT2D eigenvalue weighted by Gasteiger charge is 2.45. The Morgan fingerprint density at radius 3 is 2.79 bits per heavy atom. The number of carbonyl (C=O) groups is 1. The molecule has 3 atom stereocenters. The molecule has 4 heterocycles. The van der Waals surface area contributed by atoms with Gasteiger partial charge in [0, 0.05) is 44.5 Å². The van der Waals surface area contributed by atoms with Crippen molar-refractivity contribution in [3.8, 4) is 0 Å². The first kappa shape index (κ1) is 21.4. The predicted molar refractivity (Wildman–Crippen MR) is 130 cm³/mol. The highest BCUT2D eigenvalue weighted by Crippen LogP contribution is 2.46. The Balaban J connectivity index is 1.19. The summed E-state index contributed by atoms with van der Waals surface area (Å²) in [5, 5.41) is 7.95. The molecule has 1 aliphatic heterocycles. The molecule has 8 heteroatoms. The van der Waals surface area contributed by atoms with E-state index in [1.807, 2.05) is 35.6 Å².